The van der Waals surface area contributed by atoms with E-state index in [1.165, 1.54) is 6.33 Å². The second-order valence-electron chi connectivity index (χ2n) is 5.76. The first kappa shape index (κ1) is 13.9. The Morgan fingerprint density at radius 1 is 1.10 bits per heavy atom. The number of nitrogen functional groups attached to an aromatic ring is 1. The number of benzene rings is 1. The molecule has 0 bridgehead atoms. The van der Waals surface area contributed by atoms with Crippen molar-refractivity contribution < 1.29 is 0 Å². The smallest absolute Gasteiger partial charge is 0.165 e. The van der Waals surface area contributed by atoms with Crippen LogP contribution in [-0.4, -0.2) is 19.7 Å². The quantitative estimate of drug-likeness (QED) is 0.786. The molecule has 0 atom stereocenters. The lowest BCUT2D eigenvalue weighted by Gasteiger charge is -2.19. The van der Waals surface area contributed by atoms with Crippen molar-refractivity contribution in [1.29, 1.82) is 0 Å². The van der Waals surface area contributed by atoms with Crippen molar-refractivity contribution in [3.63, 3.8) is 0 Å². The zero-order valence-corrected chi connectivity index (χ0v) is 13.1. The maximum absolute atomic E-state index is 6.05. The van der Waals surface area contributed by atoms with Crippen LogP contribution in [0, 0.1) is 0 Å². The van der Waals surface area contributed by atoms with Crippen LogP contribution in [0.3, 0.4) is 0 Å². The Labute approximate surface area is 127 Å². The summed E-state index contributed by atoms with van der Waals surface area (Å²) < 4.78 is 1.91. The standard InChI is InChI=1S/C15H17N5S/c1-15(2,3)20-13-11(12(16)17-9-18-13)14(19-20)21-10-7-5-4-6-8-10/h4-9H,1-3H3,(H2,16,17,18). The van der Waals surface area contributed by atoms with Crippen molar-refractivity contribution in [2.24, 2.45) is 0 Å². The van der Waals surface area contributed by atoms with E-state index in [1.807, 2.05) is 35.0 Å². The first-order valence-corrected chi connectivity index (χ1v) is 7.51. The number of fused-ring (bicyclic) bond motifs is 1. The van der Waals surface area contributed by atoms with Crippen molar-refractivity contribution in [2.75, 3.05) is 5.73 Å². The van der Waals surface area contributed by atoms with E-state index in [0.29, 0.717) is 5.82 Å². The van der Waals surface area contributed by atoms with Gasteiger partial charge in [0.2, 0.25) is 0 Å². The van der Waals surface area contributed by atoms with Gasteiger partial charge in [-0.1, -0.05) is 30.0 Å². The van der Waals surface area contributed by atoms with Crippen LogP contribution in [0.25, 0.3) is 11.0 Å². The molecule has 2 N–H and O–H groups in total. The molecule has 0 amide bonds. The Balaban J connectivity index is 2.19. The first-order chi connectivity index (χ1) is 9.97. The van der Waals surface area contributed by atoms with E-state index in [-0.39, 0.29) is 5.54 Å². The Kier molecular flexibility index (Phi) is 3.33. The highest BCUT2D eigenvalue weighted by Gasteiger charge is 2.23. The van der Waals surface area contributed by atoms with E-state index in [2.05, 4.69) is 30.7 Å². The van der Waals surface area contributed by atoms with Gasteiger partial charge >= 0.3 is 0 Å². The molecule has 3 rings (SSSR count). The average Bonchev–Trinajstić information content (AvgIpc) is 2.80. The third kappa shape index (κ3) is 2.58. The molecule has 21 heavy (non-hydrogen) atoms. The highest BCUT2D eigenvalue weighted by Crippen LogP contribution is 2.35. The Bertz CT molecular complexity index is 774. The first-order valence-electron chi connectivity index (χ1n) is 6.69. The predicted molar refractivity (Wildman–Crippen MR) is 85.3 cm³/mol. The van der Waals surface area contributed by atoms with Crippen molar-refractivity contribution in [3.05, 3.63) is 36.7 Å². The summed E-state index contributed by atoms with van der Waals surface area (Å²) in [5, 5.41) is 6.37. The number of nitrogens with zero attached hydrogens (tertiary/aromatic N) is 4. The molecule has 0 spiro atoms. The summed E-state index contributed by atoms with van der Waals surface area (Å²) in [7, 11) is 0. The van der Waals surface area contributed by atoms with Crippen LogP contribution in [0.15, 0.2) is 46.6 Å². The van der Waals surface area contributed by atoms with E-state index in [1.54, 1.807) is 11.8 Å². The molecule has 0 aliphatic rings. The molecule has 1 aromatic carbocycles. The van der Waals surface area contributed by atoms with Gasteiger partial charge in [0.25, 0.3) is 0 Å². The van der Waals surface area contributed by atoms with Crippen LogP contribution in [0.4, 0.5) is 5.82 Å². The summed E-state index contributed by atoms with van der Waals surface area (Å²) in [6.45, 7) is 6.28. The molecule has 2 heterocycles. The maximum atomic E-state index is 6.05. The Morgan fingerprint density at radius 2 is 1.81 bits per heavy atom. The van der Waals surface area contributed by atoms with Crippen LogP contribution in [-0.2, 0) is 5.54 Å². The Hall–Kier alpha value is -2.08. The fraction of sp³-hybridized carbons (Fsp3) is 0.267. The summed E-state index contributed by atoms with van der Waals surface area (Å²) in [5.41, 5.74) is 6.65. The van der Waals surface area contributed by atoms with Gasteiger partial charge in [-0.2, -0.15) is 5.10 Å². The molecule has 0 saturated carbocycles. The van der Waals surface area contributed by atoms with Crippen molar-refractivity contribution >= 4 is 28.6 Å². The third-order valence-electron chi connectivity index (χ3n) is 3.06. The topological polar surface area (TPSA) is 69.6 Å². The molecule has 0 saturated heterocycles. The number of aromatic nitrogens is 4. The minimum absolute atomic E-state index is 0.172. The van der Waals surface area contributed by atoms with Gasteiger partial charge in [0.05, 0.1) is 10.9 Å². The zero-order chi connectivity index (χ0) is 15.0. The molecule has 108 valence electrons. The van der Waals surface area contributed by atoms with E-state index in [4.69, 9.17) is 10.8 Å². The minimum Gasteiger partial charge on any atom is -0.383 e. The number of hydrogen-bond donors (Lipinski definition) is 1. The second-order valence-corrected chi connectivity index (χ2v) is 6.82. The molecule has 0 aliphatic heterocycles. The highest BCUT2D eigenvalue weighted by molar-refractivity contribution is 7.99. The third-order valence-corrected chi connectivity index (χ3v) is 4.04. The minimum atomic E-state index is -0.172. The fourth-order valence-corrected chi connectivity index (χ4v) is 3.02. The van der Waals surface area contributed by atoms with Gasteiger partial charge in [0.15, 0.2) is 5.65 Å². The molecular weight excluding hydrogens is 282 g/mol. The van der Waals surface area contributed by atoms with Crippen LogP contribution < -0.4 is 5.73 Å². The highest BCUT2D eigenvalue weighted by atomic mass is 32.2. The second kappa shape index (κ2) is 5.04. The molecule has 0 aliphatic carbocycles. The lowest BCUT2D eigenvalue weighted by Crippen LogP contribution is -2.23. The summed E-state index contributed by atoms with van der Waals surface area (Å²) in [5.74, 6) is 0.467. The van der Waals surface area contributed by atoms with Crippen LogP contribution in [0.1, 0.15) is 20.8 Å². The largest absolute Gasteiger partial charge is 0.383 e. The van der Waals surface area contributed by atoms with Gasteiger partial charge in [-0.3, -0.25) is 0 Å². The van der Waals surface area contributed by atoms with E-state index < -0.39 is 0 Å². The number of anilines is 1. The molecule has 5 nitrogen and oxygen atoms in total. The summed E-state index contributed by atoms with van der Waals surface area (Å²) in [6, 6.07) is 10.1. The Morgan fingerprint density at radius 3 is 2.48 bits per heavy atom. The van der Waals surface area contributed by atoms with Crippen molar-refractivity contribution in [3.8, 4) is 0 Å². The van der Waals surface area contributed by atoms with Crippen LogP contribution >= 0.6 is 11.8 Å². The van der Waals surface area contributed by atoms with Gasteiger partial charge in [-0.25, -0.2) is 14.6 Å². The molecule has 0 fully saturated rings. The molecule has 3 aromatic rings. The molecular formula is C15H17N5S. The number of rotatable bonds is 2. The van der Waals surface area contributed by atoms with Gasteiger partial charge in [0, 0.05) is 4.90 Å². The molecule has 0 radical (unpaired) electrons. The lowest BCUT2D eigenvalue weighted by molar-refractivity contribution is 0.360. The zero-order valence-electron chi connectivity index (χ0n) is 12.2. The molecule has 2 aromatic heterocycles. The average molecular weight is 299 g/mol. The fourth-order valence-electron chi connectivity index (χ4n) is 2.08. The molecule has 6 heteroatoms. The van der Waals surface area contributed by atoms with Crippen molar-refractivity contribution in [2.45, 2.75) is 36.2 Å². The van der Waals surface area contributed by atoms with Crippen LogP contribution in [0.2, 0.25) is 0 Å². The predicted octanol–water partition coefficient (Wildman–Crippen LogP) is 3.31. The van der Waals surface area contributed by atoms with Gasteiger partial charge in [-0.15, -0.1) is 0 Å². The van der Waals surface area contributed by atoms with Gasteiger partial charge in [0.1, 0.15) is 17.2 Å². The van der Waals surface area contributed by atoms with E-state index >= 15 is 0 Å². The summed E-state index contributed by atoms with van der Waals surface area (Å²) >= 11 is 1.58. The summed E-state index contributed by atoms with van der Waals surface area (Å²) in [6.07, 6.45) is 1.48. The maximum Gasteiger partial charge on any atom is 0.165 e. The lowest BCUT2D eigenvalue weighted by atomic mass is 10.1. The molecule has 0 unspecified atom stereocenters. The van der Waals surface area contributed by atoms with Crippen LogP contribution in [0.5, 0.6) is 0 Å². The van der Waals surface area contributed by atoms with Gasteiger partial charge in [-0.05, 0) is 32.9 Å². The monoisotopic (exact) mass is 299 g/mol. The number of hydrogen-bond acceptors (Lipinski definition) is 5. The van der Waals surface area contributed by atoms with Gasteiger partial charge < -0.3 is 5.73 Å². The summed E-state index contributed by atoms with van der Waals surface area (Å²) in [4.78, 5) is 9.58. The van der Waals surface area contributed by atoms with E-state index in [0.717, 1.165) is 21.0 Å². The van der Waals surface area contributed by atoms with Crippen molar-refractivity contribution in [1.82, 2.24) is 19.7 Å². The SMILES string of the molecule is CC(C)(C)n1nc(Sc2ccccc2)c2c(N)ncnc21. The van der Waals surface area contributed by atoms with E-state index in [9.17, 15) is 0 Å². The number of nitrogens with two attached hydrogens (primary N) is 1. The normalized spacial score (nSPS) is 12.0.